The van der Waals surface area contributed by atoms with Crippen molar-refractivity contribution in [1.82, 2.24) is 9.80 Å². The van der Waals surface area contributed by atoms with Crippen molar-refractivity contribution in [2.75, 3.05) is 19.7 Å². The van der Waals surface area contributed by atoms with Crippen molar-refractivity contribution in [3.63, 3.8) is 0 Å². The van der Waals surface area contributed by atoms with E-state index in [9.17, 15) is 14.4 Å². The topological polar surface area (TPSA) is 66.9 Å². The van der Waals surface area contributed by atoms with Gasteiger partial charge in [0.1, 0.15) is 12.6 Å². The van der Waals surface area contributed by atoms with Crippen LogP contribution in [-0.4, -0.2) is 53.1 Å². The molecular formula is C21H18N2O4. The molecule has 6 nitrogen and oxygen atoms in total. The summed E-state index contributed by atoms with van der Waals surface area (Å²) in [6, 6.07) is 14.5. The number of benzene rings is 2. The third-order valence-electron chi connectivity index (χ3n) is 4.77. The molecule has 2 aromatic rings. The zero-order chi connectivity index (χ0) is 18.8. The van der Waals surface area contributed by atoms with Crippen LogP contribution in [0.5, 0.6) is 0 Å². The molecule has 0 aliphatic carbocycles. The highest BCUT2D eigenvalue weighted by molar-refractivity contribution is 6.23. The van der Waals surface area contributed by atoms with Gasteiger partial charge in [0.25, 0.3) is 11.8 Å². The Hall–Kier alpha value is -3.41. The van der Waals surface area contributed by atoms with E-state index in [0.29, 0.717) is 29.8 Å². The third kappa shape index (κ3) is 3.10. The summed E-state index contributed by atoms with van der Waals surface area (Å²) in [5, 5.41) is 0. The van der Waals surface area contributed by atoms with E-state index in [1.54, 1.807) is 61.0 Å². The Labute approximate surface area is 156 Å². The van der Waals surface area contributed by atoms with Gasteiger partial charge in [0, 0.05) is 18.3 Å². The average molecular weight is 362 g/mol. The molecule has 0 saturated carbocycles. The quantitative estimate of drug-likeness (QED) is 0.603. The van der Waals surface area contributed by atoms with Crippen molar-refractivity contribution in [2.24, 2.45) is 0 Å². The van der Waals surface area contributed by atoms with Gasteiger partial charge in [0.05, 0.1) is 23.9 Å². The maximum absolute atomic E-state index is 13.2. The van der Waals surface area contributed by atoms with Gasteiger partial charge in [0.2, 0.25) is 0 Å². The highest BCUT2D eigenvalue weighted by atomic mass is 16.5. The van der Waals surface area contributed by atoms with Gasteiger partial charge in [0.15, 0.2) is 5.78 Å². The summed E-state index contributed by atoms with van der Waals surface area (Å²) in [5.74, 6) is -1.12. The molecule has 2 aliphatic rings. The molecule has 1 unspecified atom stereocenters. The van der Waals surface area contributed by atoms with Crippen molar-refractivity contribution < 1.29 is 19.1 Å². The number of ketones is 1. The van der Waals surface area contributed by atoms with Crippen LogP contribution in [0.15, 0.2) is 67.1 Å². The van der Waals surface area contributed by atoms with Gasteiger partial charge in [-0.25, -0.2) is 0 Å². The minimum absolute atomic E-state index is 0.221. The first kappa shape index (κ1) is 17.0. The zero-order valence-corrected chi connectivity index (χ0v) is 14.6. The van der Waals surface area contributed by atoms with Gasteiger partial charge in [-0.2, -0.15) is 0 Å². The predicted molar refractivity (Wildman–Crippen MR) is 98.2 cm³/mol. The first-order chi connectivity index (χ1) is 13.2. The molecule has 4 rings (SSSR count). The van der Waals surface area contributed by atoms with Crippen molar-refractivity contribution >= 4 is 17.6 Å². The summed E-state index contributed by atoms with van der Waals surface area (Å²) in [5.41, 5.74) is 1.15. The molecule has 0 fully saturated rings. The fourth-order valence-corrected chi connectivity index (χ4v) is 3.38. The number of Topliss-reactive ketones (excluding diaryl/α,β-unsaturated/α-hetero) is 1. The molecule has 1 atom stereocenters. The molecule has 6 heteroatoms. The standard InChI is InChI=1S/C21H18N2O4/c24-19(15-6-2-1-3-7-15)18(14-22-10-12-27-13-11-22)23-20(25)16-8-4-5-9-17(16)21(23)26/h1-10,12,18H,11,13-14H2. The lowest BCUT2D eigenvalue weighted by molar-refractivity contribution is 0.0500. The van der Waals surface area contributed by atoms with E-state index in [1.807, 2.05) is 11.0 Å². The molecule has 0 spiro atoms. The molecule has 2 aliphatic heterocycles. The molecule has 136 valence electrons. The molecule has 27 heavy (non-hydrogen) atoms. The van der Waals surface area contributed by atoms with Crippen molar-refractivity contribution in [2.45, 2.75) is 6.04 Å². The summed E-state index contributed by atoms with van der Waals surface area (Å²) in [7, 11) is 0. The third-order valence-corrected chi connectivity index (χ3v) is 4.77. The Bertz CT molecular complexity index is 888. The molecule has 2 aromatic carbocycles. The normalized spacial score (nSPS) is 16.9. The van der Waals surface area contributed by atoms with Gasteiger partial charge in [-0.15, -0.1) is 0 Å². The number of nitrogens with zero attached hydrogens (tertiary/aromatic N) is 2. The van der Waals surface area contributed by atoms with Gasteiger partial charge < -0.3 is 9.64 Å². The molecular weight excluding hydrogens is 344 g/mol. The van der Waals surface area contributed by atoms with Crippen LogP contribution in [-0.2, 0) is 4.74 Å². The largest absolute Gasteiger partial charge is 0.498 e. The van der Waals surface area contributed by atoms with Crippen LogP contribution >= 0.6 is 0 Å². The summed E-state index contributed by atoms with van der Waals surface area (Å²) in [4.78, 5) is 42.0. The number of ether oxygens (including phenoxy) is 1. The van der Waals surface area contributed by atoms with Gasteiger partial charge >= 0.3 is 0 Å². The van der Waals surface area contributed by atoms with E-state index in [4.69, 9.17) is 4.74 Å². The number of carbonyl (C=O) groups excluding carboxylic acids is 3. The minimum atomic E-state index is -0.914. The van der Waals surface area contributed by atoms with E-state index in [2.05, 4.69) is 0 Å². The molecule has 0 radical (unpaired) electrons. The number of imide groups is 1. The lowest BCUT2D eigenvalue weighted by Crippen LogP contribution is -2.51. The number of amides is 2. The van der Waals surface area contributed by atoms with E-state index in [0.717, 1.165) is 4.90 Å². The molecule has 2 amide bonds. The number of hydrogen-bond donors (Lipinski definition) is 0. The van der Waals surface area contributed by atoms with E-state index in [1.165, 1.54) is 0 Å². The van der Waals surface area contributed by atoms with Crippen molar-refractivity contribution in [3.8, 4) is 0 Å². The van der Waals surface area contributed by atoms with E-state index < -0.39 is 17.9 Å². The first-order valence-electron chi connectivity index (χ1n) is 8.75. The van der Waals surface area contributed by atoms with Crippen LogP contribution in [0.4, 0.5) is 0 Å². The van der Waals surface area contributed by atoms with Crippen LogP contribution in [0, 0.1) is 0 Å². The Morgan fingerprint density at radius 1 is 0.963 bits per heavy atom. The molecule has 0 N–H and O–H groups in total. The molecule has 0 saturated heterocycles. The Morgan fingerprint density at radius 3 is 2.19 bits per heavy atom. The maximum atomic E-state index is 13.2. The van der Waals surface area contributed by atoms with Crippen LogP contribution in [0.1, 0.15) is 31.1 Å². The number of rotatable bonds is 5. The summed E-state index contributed by atoms with van der Waals surface area (Å²) < 4.78 is 5.19. The SMILES string of the molecule is O=C(c1ccccc1)C(CN1C=COCC1)N1C(=O)c2ccccc2C1=O. The lowest BCUT2D eigenvalue weighted by Gasteiger charge is -2.31. The van der Waals surface area contributed by atoms with Gasteiger partial charge in [-0.1, -0.05) is 42.5 Å². The molecule has 0 aromatic heterocycles. The number of hydrogen-bond acceptors (Lipinski definition) is 5. The smallest absolute Gasteiger partial charge is 0.262 e. The Morgan fingerprint density at radius 2 is 1.59 bits per heavy atom. The van der Waals surface area contributed by atoms with Crippen LogP contribution in [0.3, 0.4) is 0 Å². The summed E-state index contributed by atoms with van der Waals surface area (Å²) in [6.07, 6.45) is 3.28. The molecule has 2 heterocycles. The predicted octanol–water partition coefficient (Wildman–Crippen LogP) is 2.34. The fraction of sp³-hybridized carbons (Fsp3) is 0.190. The second-order valence-electron chi connectivity index (χ2n) is 6.42. The van der Waals surface area contributed by atoms with Crippen LogP contribution < -0.4 is 0 Å². The van der Waals surface area contributed by atoms with Crippen molar-refractivity contribution in [1.29, 1.82) is 0 Å². The van der Waals surface area contributed by atoms with Crippen LogP contribution in [0.25, 0.3) is 0 Å². The average Bonchev–Trinajstić information content (AvgIpc) is 2.98. The summed E-state index contributed by atoms with van der Waals surface area (Å²) >= 11 is 0. The zero-order valence-electron chi connectivity index (χ0n) is 14.6. The minimum Gasteiger partial charge on any atom is -0.498 e. The maximum Gasteiger partial charge on any atom is 0.262 e. The van der Waals surface area contributed by atoms with Crippen LogP contribution in [0.2, 0.25) is 0 Å². The van der Waals surface area contributed by atoms with E-state index in [-0.39, 0.29) is 12.3 Å². The lowest BCUT2D eigenvalue weighted by atomic mass is 10.0. The summed E-state index contributed by atoms with van der Waals surface area (Å²) in [6.45, 7) is 1.29. The second kappa shape index (κ2) is 7.07. The number of fused-ring (bicyclic) bond motifs is 1. The molecule has 0 bridgehead atoms. The highest BCUT2D eigenvalue weighted by Crippen LogP contribution is 2.26. The van der Waals surface area contributed by atoms with Gasteiger partial charge in [-0.3, -0.25) is 19.3 Å². The second-order valence-corrected chi connectivity index (χ2v) is 6.42. The fourth-order valence-electron chi connectivity index (χ4n) is 3.38. The van der Waals surface area contributed by atoms with Gasteiger partial charge in [-0.05, 0) is 12.1 Å². The highest BCUT2D eigenvalue weighted by Gasteiger charge is 2.43. The first-order valence-corrected chi connectivity index (χ1v) is 8.75. The monoisotopic (exact) mass is 362 g/mol. The number of carbonyl (C=O) groups is 3. The van der Waals surface area contributed by atoms with E-state index >= 15 is 0 Å². The Balaban J connectivity index is 1.71. The Kier molecular flexibility index (Phi) is 4.46. The van der Waals surface area contributed by atoms with Crippen molar-refractivity contribution in [3.05, 3.63) is 83.7 Å².